The van der Waals surface area contributed by atoms with Crippen LogP contribution >= 0.6 is 0 Å². The van der Waals surface area contributed by atoms with Crippen molar-refractivity contribution in [2.75, 3.05) is 0 Å². The predicted octanol–water partition coefficient (Wildman–Crippen LogP) is 1.81. The molecule has 0 amide bonds. The maximum absolute atomic E-state index is 4.54. The van der Waals surface area contributed by atoms with Gasteiger partial charge in [0.2, 0.25) is 0 Å². The highest BCUT2D eigenvalue weighted by Crippen LogP contribution is 2.19. The van der Waals surface area contributed by atoms with Crippen molar-refractivity contribution < 1.29 is 0 Å². The molecule has 0 aliphatic heterocycles. The Morgan fingerprint density at radius 3 is 1.44 bits per heavy atom. The third-order valence-corrected chi connectivity index (χ3v) is 8.94. The quantitative estimate of drug-likeness (QED) is 0.555. The van der Waals surface area contributed by atoms with E-state index in [2.05, 4.69) is 25.1 Å². The van der Waals surface area contributed by atoms with Crippen LogP contribution in [0.25, 0.3) is 0 Å². The van der Waals surface area contributed by atoms with E-state index in [1.807, 2.05) is 0 Å². The molecule has 0 fully saturated rings. The van der Waals surface area contributed by atoms with E-state index in [0.29, 0.717) is 0 Å². The second-order valence-corrected chi connectivity index (χ2v) is 8.28. The summed E-state index contributed by atoms with van der Waals surface area (Å²) in [4.78, 5) is 0. The highest BCUT2D eigenvalue weighted by Gasteiger charge is 2.23. The fraction of sp³-hybridized carbons (Fsp3) is 1.00. The Morgan fingerprint density at radius 1 is 1.11 bits per heavy atom. The van der Waals surface area contributed by atoms with Gasteiger partial charge in [0, 0.05) is 0 Å². The van der Waals surface area contributed by atoms with E-state index in [4.69, 9.17) is 0 Å². The molecule has 54 valence electrons. The number of hydrogen-bond donors (Lipinski definition) is 0. The second kappa shape index (κ2) is 4.11. The normalized spacial score (nSPS) is 11.4. The van der Waals surface area contributed by atoms with Crippen LogP contribution in [-0.4, -0.2) is 18.3 Å². The molecule has 0 atom stereocenters. The van der Waals surface area contributed by atoms with Gasteiger partial charge in [0.25, 0.3) is 0 Å². The fourth-order valence-electron chi connectivity index (χ4n) is 1.09. The second-order valence-electron chi connectivity index (χ2n) is 2.44. The van der Waals surface area contributed by atoms with Gasteiger partial charge in [0.05, 0.1) is 10.0 Å². The molecule has 0 aromatic heterocycles. The molecular formula is C6H17NSi2. The molecule has 0 saturated heterocycles. The Kier molecular flexibility index (Phi) is 4.22. The van der Waals surface area contributed by atoms with E-state index in [-0.39, 0.29) is 0 Å². The van der Waals surface area contributed by atoms with Crippen molar-refractivity contribution in [1.82, 2.24) is 0 Å². The molecule has 0 N–H and O–H groups in total. The van der Waals surface area contributed by atoms with Gasteiger partial charge in [-0.25, -0.2) is 0 Å². The van der Waals surface area contributed by atoms with Crippen molar-refractivity contribution in [3.8, 4) is 0 Å². The van der Waals surface area contributed by atoms with Gasteiger partial charge in [-0.05, 0) is 18.1 Å². The van der Waals surface area contributed by atoms with Gasteiger partial charge in [-0.15, -0.1) is 0 Å². The standard InChI is InChI=1S/C6H17NSi2/c1-4-9(5-2,6-3)7-8/h4-6,8H2,1-3H3. The Bertz CT molecular complexity index is 80.8. The van der Waals surface area contributed by atoms with Crippen LogP contribution in [0, 0.1) is 0 Å². The molecule has 0 aliphatic carbocycles. The van der Waals surface area contributed by atoms with Gasteiger partial charge >= 0.3 is 0 Å². The summed E-state index contributed by atoms with van der Waals surface area (Å²) in [6.45, 7) is 6.82. The van der Waals surface area contributed by atoms with Crippen molar-refractivity contribution in [2.24, 2.45) is 4.30 Å². The minimum absolute atomic E-state index is 1.05. The van der Waals surface area contributed by atoms with Crippen molar-refractivity contribution in [2.45, 2.75) is 38.9 Å². The molecule has 1 nitrogen and oxygen atoms in total. The highest BCUT2D eigenvalue weighted by molar-refractivity contribution is 6.79. The molecule has 0 aliphatic rings. The summed E-state index contributed by atoms with van der Waals surface area (Å²) in [6, 6.07) is 3.97. The van der Waals surface area contributed by atoms with E-state index in [0.717, 1.165) is 0 Å². The Hall–Kier alpha value is 0.234. The lowest BCUT2D eigenvalue weighted by Gasteiger charge is -2.21. The lowest BCUT2D eigenvalue weighted by molar-refractivity contribution is 1.15. The largest absolute Gasteiger partial charge is 0.373 e. The van der Waals surface area contributed by atoms with E-state index in [1.165, 1.54) is 18.1 Å². The van der Waals surface area contributed by atoms with Gasteiger partial charge < -0.3 is 4.30 Å². The molecule has 3 heteroatoms. The summed E-state index contributed by atoms with van der Waals surface area (Å²) >= 11 is 0. The minimum atomic E-state index is -1.05. The summed E-state index contributed by atoms with van der Waals surface area (Å²) in [6.07, 6.45) is 0. The molecule has 0 spiro atoms. The summed E-state index contributed by atoms with van der Waals surface area (Å²) in [7, 11) is 0.749. The maximum Gasteiger partial charge on any atom is 0.165 e. The Balaban J connectivity index is 3.98. The van der Waals surface area contributed by atoms with Crippen LogP contribution in [-0.2, 0) is 0 Å². The molecule has 0 unspecified atom stereocenters. The van der Waals surface area contributed by atoms with Crippen molar-refractivity contribution in [3.05, 3.63) is 0 Å². The van der Waals surface area contributed by atoms with E-state index in [9.17, 15) is 0 Å². The molecule has 0 bridgehead atoms. The van der Waals surface area contributed by atoms with Crippen molar-refractivity contribution in [3.63, 3.8) is 0 Å². The van der Waals surface area contributed by atoms with E-state index in [1.54, 1.807) is 10.0 Å². The van der Waals surface area contributed by atoms with Gasteiger partial charge in [0.1, 0.15) is 0 Å². The Labute approximate surface area is 62.1 Å². The number of hydrogen-bond acceptors (Lipinski definition) is 1. The molecule has 0 aromatic rings. The van der Waals surface area contributed by atoms with E-state index < -0.39 is 8.24 Å². The predicted molar refractivity (Wildman–Crippen MR) is 48.2 cm³/mol. The third-order valence-electron chi connectivity index (χ3n) is 2.31. The highest BCUT2D eigenvalue weighted by atomic mass is 28.4. The molecule has 0 rings (SSSR count). The topological polar surface area (TPSA) is 12.4 Å². The maximum atomic E-state index is 4.54. The van der Waals surface area contributed by atoms with Crippen LogP contribution in [0.2, 0.25) is 18.1 Å². The van der Waals surface area contributed by atoms with Gasteiger partial charge in [-0.3, -0.25) is 0 Å². The van der Waals surface area contributed by atoms with Crippen LogP contribution < -0.4 is 0 Å². The zero-order valence-corrected chi connectivity index (χ0v) is 9.19. The van der Waals surface area contributed by atoms with Crippen LogP contribution in [0.5, 0.6) is 0 Å². The fourth-order valence-corrected chi connectivity index (χ4v) is 5.27. The first kappa shape index (κ1) is 9.23. The molecule has 9 heavy (non-hydrogen) atoms. The summed E-state index contributed by atoms with van der Waals surface area (Å²) < 4.78 is 4.54. The summed E-state index contributed by atoms with van der Waals surface area (Å²) in [5, 5.41) is 0. The smallest absolute Gasteiger partial charge is 0.165 e. The van der Waals surface area contributed by atoms with Crippen LogP contribution in [0.15, 0.2) is 4.30 Å². The van der Waals surface area contributed by atoms with Gasteiger partial charge in [0.15, 0.2) is 8.24 Å². The molecule has 0 radical (unpaired) electrons. The first-order valence-corrected chi connectivity index (χ1v) is 6.92. The third kappa shape index (κ3) is 2.14. The van der Waals surface area contributed by atoms with Gasteiger partial charge in [-0.2, -0.15) is 0 Å². The average molecular weight is 159 g/mol. The van der Waals surface area contributed by atoms with Crippen LogP contribution in [0.3, 0.4) is 0 Å². The lowest BCUT2D eigenvalue weighted by atomic mass is 10.9. The van der Waals surface area contributed by atoms with E-state index >= 15 is 0 Å². The molecule has 0 heterocycles. The average Bonchev–Trinajstić information content (AvgIpc) is 1.95. The molecule has 0 aromatic carbocycles. The van der Waals surface area contributed by atoms with Crippen LogP contribution in [0.1, 0.15) is 20.8 Å². The lowest BCUT2D eigenvalue weighted by Crippen LogP contribution is -2.28. The molecular weight excluding hydrogens is 142 g/mol. The van der Waals surface area contributed by atoms with Crippen molar-refractivity contribution in [1.29, 1.82) is 0 Å². The summed E-state index contributed by atoms with van der Waals surface area (Å²) in [5.74, 6) is 0. The SMILES string of the molecule is CC[Si](CC)(CC)N=[SiH2]. The number of nitrogens with zero attached hydrogens (tertiary/aromatic N) is 1. The number of rotatable bonds is 4. The molecule has 0 saturated carbocycles. The van der Waals surface area contributed by atoms with Crippen molar-refractivity contribution >= 4 is 18.3 Å². The van der Waals surface area contributed by atoms with Gasteiger partial charge in [-0.1, -0.05) is 20.8 Å². The Morgan fingerprint density at radius 2 is 1.44 bits per heavy atom. The minimum Gasteiger partial charge on any atom is -0.373 e. The van der Waals surface area contributed by atoms with Crippen LogP contribution in [0.4, 0.5) is 0 Å². The summed E-state index contributed by atoms with van der Waals surface area (Å²) in [5.41, 5.74) is 0. The monoisotopic (exact) mass is 159 g/mol. The zero-order chi connectivity index (χ0) is 7.33. The first-order valence-electron chi connectivity index (χ1n) is 3.72. The first-order chi connectivity index (χ1) is 4.24. The zero-order valence-electron chi connectivity index (χ0n) is 6.78.